The number of benzene rings is 1. The molecule has 3 rings (SSSR count). The maximum Gasteiger partial charge on any atom is 0.231 e. The van der Waals surface area contributed by atoms with Crippen molar-refractivity contribution in [1.29, 1.82) is 0 Å². The Labute approximate surface area is 119 Å². The number of halogens is 1. The van der Waals surface area contributed by atoms with Gasteiger partial charge in [0.2, 0.25) is 5.89 Å². The summed E-state index contributed by atoms with van der Waals surface area (Å²) in [5.41, 5.74) is 7.01. The van der Waals surface area contributed by atoms with Crippen molar-refractivity contribution < 1.29 is 4.52 Å². The van der Waals surface area contributed by atoms with Crippen molar-refractivity contribution in [2.45, 2.75) is 31.2 Å². The number of aromatic nitrogens is 2. The Morgan fingerprint density at radius 3 is 2.89 bits per heavy atom. The van der Waals surface area contributed by atoms with Crippen molar-refractivity contribution in [2.75, 3.05) is 0 Å². The summed E-state index contributed by atoms with van der Waals surface area (Å²) in [7, 11) is 0. The molecule has 5 heteroatoms. The molecule has 18 heavy (non-hydrogen) atoms. The van der Waals surface area contributed by atoms with E-state index in [2.05, 4.69) is 50.9 Å². The van der Waals surface area contributed by atoms with Gasteiger partial charge in [-0.1, -0.05) is 17.3 Å². The third-order valence-electron chi connectivity index (χ3n) is 3.40. The number of hydrogen-bond donors (Lipinski definition) is 1. The van der Waals surface area contributed by atoms with Crippen LogP contribution in [-0.4, -0.2) is 10.1 Å². The second-order valence-corrected chi connectivity index (χ2v) is 6.07. The molecule has 0 bridgehead atoms. The summed E-state index contributed by atoms with van der Waals surface area (Å²) in [6.07, 6.45) is 3.72. The highest BCUT2D eigenvalue weighted by Crippen LogP contribution is 2.36. The van der Waals surface area contributed by atoms with Gasteiger partial charge in [0.1, 0.15) is 0 Å². The molecule has 0 spiro atoms. The minimum absolute atomic E-state index is 0.340. The molecule has 1 aromatic heterocycles. The fourth-order valence-electron chi connectivity index (χ4n) is 2.13. The standard InChI is InChI=1S/C13H14IN3O/c14-10-4-1-3-9(7-10)8-11-16-12(17-18-11)13(15)5-2-6-13/h1,3-4,7H,2,5-6,8,15H2. The van der Waals surface area contributed by atoms with E-state index in [0.29, 0.717) is 18.1 Å². The highest BCUT2D eigenvalue weighted by atomic mass is 127. The highest BCUT2D eigenvalue weighted by Gasteiger charge is 2.38. The minimum Gasteiger partial charge on any atom is -0.339 e. The highest BCUT2D eigenvalue weighted by molar-refractivity contribution is 14.1. The van der Waals surface area contributed by atoms with Crippen LogP contribution in [0.25, 0.3) is 0 Å². The van der Waals surface area contributed by atoms with E-state index in [1.165, 1.54) is 9.13 Å². The Bertz CT molecular complexity index is 563. The van der Waals surface area contributed by atoms with E-state index in [-0.39, 0.29) is 5.54 Å². The molecule has 4 nitrogen and oxygen atoms in total. The van der Waals surface area contributed by atoms with Crippen molar-refractivity contribution in [3.63, 3.8) is 0 Å². The lowest BCUT2D eigenvalue weighted by molar-refractivity contribution is 0.229. The molecule has 0 atom stereocenters. The van der Waals surface area contributed by atoms with Crippen LogP contribution in [-0.2, 0) is 12.0 Å². The zero-order valence-corrected chi connectivity index (χ0v) is 12.1. The average Bonchev–Trinajstić information content (AvgIpc) is 2.75. The lowest BCUT2D eigenvalue weighted by Gasteiger charge is -2.34. The van der Waals surface area contributed by atoms with Gasteiger partial charge >= 0.3 is 0 Å². The Kier molecular flexibility index (Phi) is 3.11. The summed E-state index contributed by atoms with van der Waals surface area (Å²) in [6, 6.07) is 8.27. The van der Waals surface area contributed by atoms with Gasteiger partial charge in [0, 0.05) is 3.57 Å². The molecule has 0 radical (unpaired) electrons. The Balaban J connectivity index is 1.78. The number of rotatable bonds is 3. The number of nitrogens with zero attached hydrogens (tertiary/aromatic N) is 2. The van der Waals surface area contributed by atoms with Crippen LogP contribution in [0.15, 0.2) is 28.8 Å². The van der Waals surface area contributed by atoms with E-state index >= 15 is 0 Å². The second-order valence-electron chi connectivity index (χ2n) is 4.83. The molecule has 1 fully saturated rings. The smallest absolute Gasteiger partial charge is 0.231 e. The quantitative estimate of drug-likeness (QED) is 0.860. The first kappa shape index (κ1) is 12.1. The fourth-order valence-corrected chi connectivity index (χ4v) is 2.74. The maximum atomic E-state index is 6.17. The molecule has 1 aliphatic rings. The van der Waals surface area contributed by atoms with Gasteiger partial charge in [-0.3, -0.25) is 0 Å². The molecular weight excluding hydrogens is 341 g/mol. The van der Waals surface area contributed by atoms with E-state index in [1.807, 2.05) is 6.07 Å². The van der Waals surface area contributed by atoms with Crippen LogP contribution in [0.4, 0.5) is 0 Å². The van der Waals surface area contributed by atoms with Crippen LogP contribution in [0.1, 0.15) is 36.5 Å². The number of nitrogens with two attached hydrogens (primary N) is 1. The molecule has 0 amide bonds. The molecule has 94 valence electrons. The van der Waals surface area contributed by atoms with Crippen LogP contribution < -0.4 is 5.73 Å². The first-order valence-corrected chi connectivity index (χ1v) is 7.10. The zero-order valence-electron chi connectivity index (χ0n) is 9.90. The predicted molar refractivity (Wildman–Crippen MR) is 76.0 cm³/mol. The normalized spacial score (nSPS) is 17.4. The Hall–Kier alpha value is -0.950. The van der Waals surface area contributed by atoms with Gasteiger partial charge < -0.3 is 10.3 Å². The molecule has 1 aromatic carbocycles. The molecule has 1 saturated carbocycles. The van der Waals surface area contributed by atoms with E-state index in [1.54, 1.807) is 0 Å². The molecule has 0 unspecified atom stereocenters. The monoisotopic (exact) mass is 355 g/mol. The fraction of sp³-hybridized carbons (Fsp3) is 0.385. The Morgan fingerprint density at radius 2 is 2.22 bits per heavy atom. The van der Waals surface area contributed by atoms with E-state index in [9.17, 15) is 0 Å². The summed E-state index contributed by atoms with van der Waals surface area (Å²) >= 11 is 2.29. The van der Waals surface area contributed by atoms with Crippen molar-refractivity contribution in [3.8, 4) is 0 Å². The van der Waals surface area contributed by atoms with E-state index < -0.39 is 0 Å². The SMILES string of the molecule is NC1(c2noc(Cc3cccc(I)c3)n2)CCC1. The second kappa shape index (κ2) is 4.62. The van der Waals surface area contributed by atoms with Gasteiger partial charge in [-0.15, -0.1) is 0 Å². The topological polar surface area (TPSA) is 64.9 Å². The lowest BCUT2D eigenvalue weighted by atomic mass is 9.77. The van der Waals surface area contributed by atoms with Gasteiger partial charge in [0.25, 0.3) is 0 Å². The van der Waals surface area contributed by atoms with Gasteiger partial charge in [0.05, 0.1) is 12.0 Å². The zero-order chi connectivity index (χ0) is 12.6. The van der Waals surface area contributed by atoms with E-state index in [4.69, 9.17) is 10.3 Å². The van der Waals surface area contributed by atoms with Gasteiger partial charge in [-0.05, 0) is 59.5 Å². The van der Waals surface area contributed by atoms with Crippen molar-refractivity contribution in [1.82, 2.24) is 10.1 Å². The molecule has 1 aliphatic carbocycles. The lowest BCUT2D eigenvalue weighted by Crippen LogP contribution is -2.44. The summed E-state index contributed by atoms with van der Waals surface area (Å²) in [6.45, 7) is 0. The van der Waals surface area contributed by atoms with Crippen molar-refractivity contribution >= 4 is 22.6 Å². The molecular formula is C13H14IN3O. The third-order valence-corrected chi connectivity index (χ3v) is 4.07. The van der Waals surface area contributed by atoms with Crippen LogP contribution >= 0.6 is 22.6 Å². The van der Waals surface area contributed by atoms with Crippen LogP contribution in [0.2, 0.25) is 0 Å². The predicted octanol–water partition coefficient (Wildman–Crippen LogP) is 2.60. The van der Waals surface area contributed by atoms with Gasteiger partial charge in [-0.25, -0.2) is 0 Å². The molecule has 2 aromatic rings. The first-order valence-electron chi connectivity index (χ1n) is 6.02. The van der Waals surface area contributed by atoms with E-state index in [0.717, 1.165) is 19.3 Å². The van der Waals surface area contributed by atoms with Crippen molar-refractivity contribution in [3.05, 3.63) is 45.1 Å². The number of hydrogen-bond acceptors (Lipinski definition) is 4. The van der Waals surface area contributed by atoms with Crippen LogP contribution in [0.3, 0.4) is 0 Å². The van der Waals surface area contributed by atoms with Gasteiger partial charge in [-0.2, -0.15) is 4.98 Å². The molecule has 0 saturated heterocycles. The van der Waals surface area contributed by atoms with Gasteiger partial charge in [0.15, 0.2) is 5.82 Å². The Morgan fingerprint density at radius 1 is 1.39 bits per heavy atom. The van der Waals surface area contributed by atoms with Crippen LogP contribution in [0.5, 0.6) is 0 Å². The molecule has 1 heterocycles. The molecule has 2 N–H and O–H groups in total. The minimum atomic E-state index is -0.340. The summed E-state index contributed by atoms with van der Waals surface area (Å²) in [5, 5.41) is 4.02. The third kappa shape index (κ3) is 2.29. The summed E-state index contributed by atoms with van der Waals surface area (Å²) < 4.78 is 6.49. The maximum absolute atomic E-state index is 6.17. The summed E-state index contributed by atoms with van der Waals surface area (Å²) in [5.74, 6) is 1.30. The van der Waals surface area contributed by atoms with Crippen molar-refractivity contribution in [2.24, 2.45) is 5.73 Å². The van der Waals surface area contributed by atoms with Crippen LogP contribution in [0, 0.1) is 3.57 Å². The average molecular weight is 355 g/mol. The first-order chi connectivity index (χ1) is 8.66. The molecule has 0 aliphatic heterocycles. The summed E-state index contributed by atoms with van der Waals surface area (Å²) in [4.78, 5) is 4.42. The largest absolute Gasteiger partial charge is 0.339 e.